The van der Waals surface area contributed by atoms with Gasteiger partial charge in [-0.05, 0) is 86.2 Å². The summed E-state index contributed by atoms with van der Waals surface area (Å²) in [4.78, 5) is 0. The molecule has 4 aromatic carbocycles. The van der Waals surface area contributed by atoms with Gasteiger partial charge in [0.25, 0.3) is 0 Å². The minimum atomic E-state index is -0.0369. The van der Waals surface area contributed by atoms with Gasteiger partial charge in [-0.3, -0.25) is 0 Å². The van der Waals surface area contributed by atoms with Crippen molar-refractivity contribution in [3.8, 4) is 16.8 Å². The summed E-state index contributed by atoms with van der Waals surface area (Å²) in [5, 5.41) is 2.74. The predicted molar refractivity (Wildman–Crippen MR) is 186 cm³/mol. The first-order valence-corrected chi connectivity index (χ1v) is 15.6. The van der Waals surface area contributed by atoms with Crippen LogP contribution in [0.15, 0.2) is 72.8 Å². The number of rotatable bonds is 2. The van der Waals surface area contributed by atoms with Crippen molar-refractivity contribution in [1.82, 2.24) is 4.57 Å². The lowest BCUT2D eigenvalue weighted by molar-refractivity contribution is 0.535. The van der Waals surface area contributed by atoms with Crippen LogP contribution < -0.4 is 0 Å². The van der Waals surface area contributed by atoms with E-state index in [2.05, 4.69) is 167 Å². The van der Waals surface area contributed by atoms with Crippen molar-refractivity contribution in [2.75, 3.05) is 0 Å². The summed E-state index contributed by atoms with van der Waals surface area (Å²) < 4.78 is 2.55. The fourth-order valence-corrected chi connectivity index (χ4v) is 6.49. The quantitative estimate of drug-likeness (QED) is 0.203. The van der Waals surface area contributed by atoms with Crippen LogP contribution in [0.4, 0.5) is 0 Å². The number of hydrogen-bond acceptors (Lipinski definition) is 0. The zero-order valence-electron chi connectivity index (χ0n) is 28.4. The van der Waals surface area contributed by atoms with Gasteiger partial charge < -0.3 is 4.57 Å². The Hall–Kier alpha value is -3.32. The van der Waals surface area contributed by atoms with Crippen molar-refractivity contribution in [1.29, 1.82) is 0 Å². The normalized spacial score (nSPS) is 13.4. The lowest BCUT2D eigenvalue weighted by Crippen LogP contribution is -2.22. The van der Waals surface area contributed by atoms with E-state index < -0.39 is 0 Å². The SMILES string of the molecule is Cc1cccc(-c2cccc3c2c2c(C(C)(C)C)c(C(C)(C)C)ccc2n3-c2cc(C(C)(C)C)cc(C(C)(C)C)c2)c1. The first-order valence-electron chi connectivity index (χ1n) is 15.6. The van der Waals surface area contributed by atoms with E-state index in [1.807, 2.05) is 0 Å². The fourth-order valence-electron chi connectivity index (χ4n) is 6.49. The standard InChI is InChI=1S/C41H51N/c1-26-16-14-17-27(22-26)31-18-15-19-33-35(31)36-34(21-20-32(40(8,9)10)37(36)41(11,12)13)42(33)30-24-28(38(2,3)4)23-29(25-30)39(5,6)7/h14-25H,1-13H3. The van der Waals surface area contributed by atoms with E-state index in [0.717, 1.165) is 0 Å². The maximum atomic E-state index is 2.55. The summed E-state index contributed by atoms with van der Waals surface area (Å²) in [6, 6.07) is 28.0. The third-order valence-corrected chi connectivity index (χ3v) is 8.75. The van der Waals surface area contributed by atoms with Crippen LogP contribution in [0.1, 0.15) is 111 Å². The lowest BCUT2D eigenvalue weighted by atomic mass is 9.73. The van der Waals surface area contributed by atoms with Crippen molar-refractivity contribution in [2.45, 2.75) is 112 Å². The Balaban J connectivity index is 2.06. The molecule has 42 heavy (non-hydrogen) atoms. The van der Waals surface area contributed by atoms with Crippen LogP contribution >= 0.6 is 0 Å². The molecule has 220 valence electrons. The van der Waals surface area contributed by atoms with Gasteiger partial charge in [-0.1, -0.05) is 137 Å². The van der Waals surface area contributed by atoms with E-state index in [9.17, 15) is 0 Å². The van der Waals surface area contributed by atoms with Crippen LogP contribution in [-0.2, 0) is 21.7 Å². The Labute approximate surface area is 255 Å². The zero-order chi connectivity index (χ0) is 31.0. The molecule has 0 N–H and O–H groups in total. The molecule has 5 rings (SSSR count). The molecular formula is C41H51N. The highest BCUT2D eigenvalue weighted by Crippen LogP contribution is 2.47. The Kier molecular flexibility index (Phi) is 7.08. The fraction of sp³-hybridized carbons (Fsp3) is 0.415. The van der Waals surface area contributed by atoms with Crippen molar-refractivity contribution >= 4 is 21.8 Å². The largest absolute Gasteiger partial charge is 0.309 e. The van der Waals surface area contributed by atoms with Crippen LogP contribution in [0.25, 0.3) is 38.6 Å². The molecule has 0 bridgehead atoms. The minimum Gasteiger partial charge on any atom is -0.309 e. The van der Waals surface area contributed by atoms with Crippen LogP contribution in [0.3, 0.4) is 0 Å². The van der Waals surface area contributed by atoms with Crippen LogP contribution in [-0.4, -0.2) is 4.57 Å². The molecule has 0 saturated heterocycles. The molecule has 0 aliphatic rings. The molecule has 0 aliphatic heterocycles. The summed E-state index contributed by atoms with van der Waals surface area (Å²) in [5.41, 5.74) is 13.4. The first kappa shape index (κ1) is 30.1. The Bertz CT molecular complexity index is 1770. The van der Waals surface area contributed by atoms with Crippen LogP contribution in [0, 0.1) is 6.92 Å². The van der Waals surface area contributed by atoms with Gasteiger partial charge in [0.05, 0.1) is 11.0 Å². The molecule has 0 saturated carbocycles. The van der Waals surface area contributed by atoms with E-state index in [1.165, 1.54) is 66.4 Å². The second-order valence-corrected chi connectivity index (χ2v) is 16.6. The number of aryl methyl sites for hydroxylation is 1. The predicted octanol–water partition coefficient (Wildman–Crippen LogP) is 11.9. The molecule has 0 unspecified atom stereocenters. The number of aromatic nitrogens is 1. The summed E-state index contributed by atoms with van der Waals surface area (Å²) in [6.45, 7) is 30.4. The van der Waals surface area contributed by atoms with Crippen molar-refractivity contribution in [3.05, 3.63) is 101 Å². The van der Waals surface area contributed by atoms with E-state index in [0.29, 0.717) is 0 Å². The van der Waals surface area contributed by atoms with Crippen molar-refractivity contribution in [2.24, 2.45) is 0 Å². The van der Waals surface area contributed by atoms with E-state index >= 15 is 0 Å². The topological polar surface area (TPSA) is 4.93 Å². The van der Waals surface area contributed by atoms with Gasteiger partial charge in [0.15, 0.2) is 0 Å². The molecule has 1 heterocycles. The third-order valence-electron chi connectivity index (χ3n) is 8.75. The number of hydrogen-bond donors (Lipinski definition) is 0. The Morgan fingerprint density at radius 3 is 1.60 bits per heavy atom. The second kappa shape index (κ2) is 9.87. The Morgan fingerprint density at radius 2 is 1.07 bits per heavy atom. The maximum absolute atomic E-state index is 2.55. The van der Waals surface area contributed by atoms with Gasteiger partial charge >= 0.3 is 0 Å². The summed E-state index contributed by atoms with van der Waals surface area (Å²) in [5.74, 6) is 0. The number of fused-ring (bicyclic) bond motifs is 3. The lowest BCUT2D eigenvalue weighted by Gasteiger charge is -2.31. The molecule has 1 nitrogen and oxygen atoms in total. The van der Waals surface area contributed by atoms with Crippen molar-refractivity contribution < 1.29 is 0 Å². The van der Waals surface area contributed by atoms with Crippen LogP contribution in [0.2, 0.25) is 0 Å². The van der Waals surface area contributed by atoms with Gasteiger partial charge in [-0.15, -0.1) is 0 Å². The Morgan fingerprint density at radius 1 is 0.500 bits per heavy atom. The van der Waals surface area contributed by atoms with Gasteiger partial charge in [0.2, 0.25) is 0 Å². The molecular weight excluding hydrogens is 506 g/mol. The van der Waals surface area contributed by atoms with Gasteiger partial charge in [0.1, 0.15) is 0 Å². The molecule has 5 aromatic rings. The van der Waals surface area contributed by atoms with Crippen molar-refractivity contribution in [3.63, 3.8) is 0 Å². The minimum absolute atomic E-state index is 0.0229. The summed E-state index contributed by atoms with van der Waals surface area (Å²) in [7, 11) is 0. The van der Waals surface area contributed by atoms with Gasteiger partial charge in [0, 0.05) is 16.5 Å². The third kappa shape index (κ3) is 5.32. The molecule has 0 atom stereocenters. The zero-order valence-corrected chi connectivity index (χ0v) is 28.4. The highest BCUT2D eigenvalue weighted by molar-refractivity contribution is 6.17. The summed E-state index contributed by atoms with van der Waals surface area (Å²) in [6.07, 6.45) is 0. The van der Waals surface area contributed by atoms with E-state index in [-0.39, 0.29) is 21.7 Å². The molecule has 0 aliphatic carbocycles. The summed E-state index contributed by atoms with van der Waals surface area (Å²) >= 11 is 0. The van der Waals surface area contributed by atoms with Gasteiger partial charge in [-0.2, -0.15) is 0 Å². The molecule has 1 heteroatoms. The maximum Gasteiger partial charge on any atom is 0.0547 e. The molecule has 1 aromatic heterocycles. The second-order valence-electron chi connectivity index (χ2n) is 16.6. The highest BCUT2D eigenvalue weighted by atomic mass is 15.0. The average Bonchev–Trinajstić information content (AvgIpc) is 3.20. The smallest absolute Gasteiger partial charge is 0.0547 e. The van der Waals surface area contributed by atoms with E-state index in [1.54, 1.807) is 0 Å². The molecule has 0 amide bonds. The van der Waals surface area contributed by atoms with Gasteiger partial charge in [-0.25, -0.2) is 0 Å². The molecule has 0 radical (unpaired) electrons. The number of benzene rings is 4. The number of nitrogens with zero attached hydrogens (tertiary/aromatic N) is 1. The monoisotopic (exact) mass is 557 g/mol. The molecule has 0 spiro atoms. The van der Waals surface area contributed by atoms with E-state index in [4.69, 9.17) is 0 Å². The van der Waals surface area contributed by atoms with Crippen LogP contribution in [0.5, 0.6) is 0 Å². The highest BCUT2D eigenvalue weighted by Gasteiger charge is 2.31. The average molecular weight is 558 g/mol. The first-order chi connectivity index (χ1) is 19.3. The molecule has 0 fully saturated rings.